The van der Waals surface area contributed by atoms with E-state index in [1.54, 1.807) is 23.5 Å². The van der Waals surface area contributed by atoms with Crippen molar-refractivity contribution in [3.05, 3.63) is 45.9 Å². The Kier molecular flexibility index (Phi) is 4.68. The predicted octanol–water partition coefficient (Wildman–Crippen LogP) is 3.88. The average Bonchev–Trinajstić information content (AvgIpc) is 2.93. The molecule has 0 unspecified atom stereocenters. The largest absolute Gasteiger partial charge is 0.487 e. The van der Waals surface area contributed by atoms with Gasteiger partial charge in [-0.3, -0.25) is 4.79 Å². The normalized spacial score (nSPS) is 10.4. The first-order chi connectivity index (χ1) is 9.22. The second kappa shape index (κ2) is 6.48. The molecule has 4 heteroatoms. The summed E-state index contributed by atoms with van der Waals surface area (Å²) in [7, 11) is 0. The molecule has 0 aliphatic carbocycles. The summed E-state index contributed by atoms with van der Waals surface area (Å²) in [4.78, 5) is 15.9. The van der Waals surface area contributed by atoms with Crippen LogP contribution in [-0.4, -0.2) is 10.8 Å². The van der Waals surface area contributed by atoms with Crippen molar-refractivity contribution in [1.82, 2.24) is 4.98 Å². The zero-order valence-electron chi connectivity index (χ0n) is 11.2. The molecule has 0 amide bonds. The van der Waals surface area contributed by atoms with Crippen molar-refractivity contribution < 1.29 is 9.53 Å². The molecule has 0 saturated heterocycles. The van der Waals surface area contributed by atoms with Gasteiger partial charge in [-0.2, -0.15) is 0 Å². The molecule has 1 heterocycles. The van der Waals surface area contributed by atoms with Crippen molar-refractivity contribution in [1.29, 1.82) is 0 Å². The van der Waals surface area contributed by atoms with Crippen LogP contribution < -0.4 is 4.74 Å². The standard InChI is InChI=1S/C15H17NO2S/c1-3-14(17)11-5-7-13(8-6-11)18-9-12-10-19-15(4-2)16-12/h5-8,10H,3-4,9H2,1-2H3. The molecule has 0 atom stereocenters. The molecule has 3 nitrogen and oxygen atoms in total. The molecular formula is C15H17NO2S. The zero-order chi connectivity index (χ0) is 13.7. The van der Waals surface area contributed by atoms with E-state index < -0.39 is 0 Å². The maximum absolute atomic E-state index is 11.5. The number of Topliss-reactive ketones (excluding diaryl/α,β-unsaturated/α-hetero) is 1. The first kappa shape index (κ1) is 13.7. The van der Waals surface area contributed by atoms with E-state index in [0.717, 1.165) is 28.4 Å². The molecule has 0 saturated carbocycles. The van der Waals surface area contributed by atoms with Crippen molar-refractivity contribution in [2.24, 2.45) is 0 Å². The van der Waals surface area contributed by atoms with Gasteiger partial charge in [0.25, 0.3) is 0 Å². The Bertz CT molecular complexity index is 546. The third-order valence-electron chi connectivity index (χ3n) is 2.79. The molecule has 0 spiro atoms. The van der Waals surface area contributed by atoms with E-state index in [2.05, 4.69) is 11.9 Å². The smallest absolute Gasteiger partial charge is 0.162 e. The Labute approximate surface area is 117 Å². The van der Waals surface area contributed by atoms with Crippen molar-refractivity contribution in [3.63, 3.8) is 0 Å². The van der Waals surface area contributed by atoms with Crippen LogP contribution in [0.3, 0.4) is 0 Å². The molecule has 1 aromatic heterocycles. The first-order valence-corrected chi connectivity index (χ1v) is 7.30. The lowest BCUT2D eigenvalue weighted by molar-refractivity contribution is 0.0988. The first-order valence-electron chi connectivity index (χ1n) is 6.42. The quantitative estimate of drug-likeness (QED) is 0.751. The lowest BCUT2D eigenvalue weighted by Crippen LogP contribution is -1.98. The summed E-state index contributed by atoms with van der Waals surface area (Å²) in [5.74, 6) is 0.914. The van der Waals surface area contributed by atoms with Gasteiger partial charge < -0.3 is 4.74 Å². The van der Waals surface area contributed by atoms with Crippen molar-refractivity contribution in [2.45, 2.75) is 33.3 Å². The third-order valence-corrected chi connectivity index (χ3v) is 3.83. The lowest BCUT2D eigenvalue weighted by atomic mass is 10.1. The molecule has 0 radical (unpaired) electrons. The van der Waals surface area contributed by atoms with Gasteiger partial charge in [0, 0.05) is 17.4 Å². The molecular weight excluding hydrogens is 258 g/mol. The SMILES string of the molecule is CCC(=O)c1ccc(OCc2csc(CC)n2)cc1. The maximum atomic E-state index is 11.5. The molecule has 0 N–H and O–H groups in total. The highest BCUT2D eigenvalue weighted by atomic mass is 32.1. The zero-order valence-corrected chi connectivity index (χ0v) is 12.0. The second-order valence-electron chi connectivity index (χ2n) is 4.18. The van der Waals surface area contributed by atoms with Gasteiger partial charge in [0.2, 0.25) is 0 Å². The molecule has 2 aromatic rings. The van der Waals surface area contributed by atoms with Crippen molar-refractivity contribution >= 4 is 17.1 Å². The van der Waals surface area contributed by atoms with E-state index in [4.69, 9.17) is 4.74 Å². The van der Waals surface area contributed by atoms with Crippen molar-refractivity contribution in [2.75, 3.05) is 0 Å². The number of carbonyl (C=O) groups is 1. The Morgan fingerprint density at radius 1 is 1.26 bits per heavy atom. The highest BCUT2D eigenvalue weighted by Crippen LogP contribution is 2.16. The van der Waals surface area contributed by atoms with Gasteiger partial charge >= 0.3 is 0 Å². The molecule has 2 rings (SSSR count). The number of hydrogen-bond donors (Lipinski definition) is 0. The molecule has 0 fully saturated rings. The van der Waals surface area contributed by atoms with Gasteiger partial charge in [-0.15, -0.1) is 11.3 Å². The highest BCUT2D eigenvalue weighted by Gasteiger charge is 2.04. The van der Waals surface area contributed by atoms with Crippen LogP contribution >= 0.6 is 11.3 Å². The fourth-order valence-corrected chi connectivity index (χ4v) is 2.41. The van der Waals surface area contributed by atoms with E-state index in [1.165, 1.54) is 0 Å². The van der Waals surface area contributed by atoms with Crippen LogP contribution in [0.4, 0.5) is 0 Å². The van der Waals surface area contributed by atoms with Gasteiger partial charge in [0.05, 0.1) is 10.7 Å². The fourth-order valence-electron chi connectivity index (χ4n) is 1.68. The van der Waals surface area contributed by atoms with Gasteiger partial charge in [0.15, 0.2) is 5.78 Å². The summed E-state index contributed by atoms with van der Waals surface area (Å²) in [6.07, 6.45) is 1.48. The van der Waals surface area contributed by atoms with E-state index in [9.17, 15) is 4.79 Å². The van der Waals surface area contributed by atoms with Crippen LogP contribution in [0.5, 0.6) is 5.75 Å². The number of hydrogen-bond acceptors (Lipinski definition) is 4. The average molecular weight is 275 g/mol. The Hall–Kier alpha value is -1.68. The Morgan fingerprint density at radius 2 is 2.00 bits per heavy atom. The Morgan fingerprint density at radius 3 is 2.58 bits per heavy atom. The summed E-state index contributed by atoms with van der Waals surface area (Å²) in [5, 5.41) is 3.15. The lowest BCUT2D eigenvalue weighted by Gasteiger charge is -2.05. The van der Waals surface area contributed by atoms with Crippen LogP contribution in [-0.2, 0) is 13.0 Å². The minimum Gasteiger partial charge on any atom is -0.487 e. The topological polar surface area (TPSA) is 39.2 Å². The second-order valence-corrected chi connectivity index (χ2v) is 5.12. The number of aromatic nitrogens is 1. The molecule has 100 valence electrons. The number of rotatable bonds is 6. The number of ether oxygens (including phenoxy) is 1. The van der Waals surface area contributed by atoms with E-state index >= 15 is 0 Å². The van der Waals surface area contributed by atoms with Crippen LogP contribution in [0.15, 0.2) is 29.6 Å². The number of ketones is 1. The predicted molar refractivity (Wildman–Crippen MR) is 76.9 cm³/mol. The summed E-state index contributed by atoms with van der Waals surface area (Å²) in [5.41, 5.74) is 1.69. The Balaban J connectivity index is 1.94. The molecule has 1 aromatic carbocycles. The molecule has 0 aliphatic rings. The number of benzene rings is 1. The van der Waals surface area contributed by atoms with Gasteiger partial charge in [0.1, 0.15) is 12.4 Å². The monoisotopic (exact) mass is 275 g/mol. The number of aryl methyl sites for hydroxylation is 1. The summed E-state index contributed by atoms with van der Waals surface area (Å²) in [6.45, 7) is 4.42. The van der Waals surface area contributed by atoms with Crippen molar-refractivity contribution in [3.8, 4) is 5.75 Å². The third kappa shape index (κ3) is 3.64. The number of carbonyl (C=O) groups excluding carboxylic acids is 1. The summed E-state index contributed by atoms with van der Waals surface area (Å²) < 4.78 is 5.65. The van der Waals surface area contributed by atoms with Gasteiger partial charge in [-0.1, -0.05) is 13.8 Å². The number of nitrogens with zero attached hydrogens (tertiary/aromatic N) is 1. The molecule has 0 aliphatic heterocycles. The molecule has 0 bridgehead atoms. The van der Waals surface area contributed by atoms with Gasteiger partial charge in [-0.05, 0) is 30.7 Å². The van der Waals surface area contributed by atoms with E-state index in [1.807, 2.05) is 24.4 Å². The maximum Gasteiger partial charge on any atom is 0.162 e. The van der Waals surface area contributed by atoms with E-state index in [-0.39, 0.29) is 5.78 Å². The van der Waals surface area contributed by atoms with Crippen LogP contribution in [0, 0.1) is 0 Å². The van der Waals surface area contributed by atoms with Crippen LogP contribution in [0.1, 0.15) is 41.3 Å². The summed E-state index contributed by atoms with van der Waals surface area (Å²) >= 11 is 1.66. The van der Waals surface area contributed by atoms with Crippen LogP contribution in [0.25, 0.3) is 0 Å². The number of thiazole rings is 1. The van der Waals surface area contributed by atoms with Crippen LogP contribution in [0.2, 0.25) is 0 Å². The minimum atomic E-state index is 0.152. The highest BCUT2D eigenvalue weighted by molar-refractivity contribution is 7.09. The molecule has 19 heavy (non-hydrogen) atoms. The fraction of sp³-hybridized carbons (Fsp3) is 0.333. The minimum absolute atomic E-state index is 0.152. The van der Waals surface area contributed by atoms with E-state index in [0.29, 0.717) is 13.0 Å². The van der Waals surface area contributed by atoms with Gasteiger partial charge in [-0.25, -0.2) is 4.98 Å². The summed E-state index contributed by atoms with van der Waals surface area (Å²) in [6, 6.07) is 7.27.